The number of nitrogens with zero attached hydrogens (tertiary/aromatic N) is 4. The van der Waals surface area contributed by atoms with Gasteiger partial charge in [0.25, 0.3) is 0 Å². The third kappa shape index (κ3) is 3.88. The van der Waals surface area contributed by atoms with Gasteiger partial charge in [-0.15, -0.1) is 0 Å². The minimum absolute atomic E-state index is 0.529. The van der Waals surface area contributed by atoms with E-state index in [1.54, 1.807) is 6.20 Å². The highest BCUT2D eigenvalue weighted by Gasteiger charge is 2.24. The van der Waals surface area contributed by atoms with E-state index >= 15 is 0 Å². The van der Waals surface area contributed by atoms with E-state index in [1.807, 2.05) is 12.1 Å². The van der Waals surface area contributed by atoms with Gasteiger partial charge in [-0.05, 0) is 37.6 Å². The van der Waals surface area contributed by atoms with Gasteiger partial charge in [-0.2, -0.15) is 5.26 Å². The van der Waals surface area contributed by atoms with Gasteiger partial charge in [0, 0.05) is 31.9 Å². The summed E-state index contributed by atoms with van der Waals surface area (Å²) in [6, 6.07) is 17.1. The molecule has 1 saturated heterocycles. The van der Waals surface area contributed by atoms with Gasteiger partial charge >= 0.3 is 0 Å². The minimum atomic E-state index is 0.529. The van der Waals surface area contributed by atoms with E-state index in [2.05, 4.69) is 58.2 Å². The van der Waals surface area contributed by atoms with E-state index in [0.717, 1.165) is 25.5 Å². The Bertz CT molecular complexity index is 660. The summed E-state index contributed by atoms with van der Waals surface area (Å²) in [6.07, 6.45) is 4.05. The molecule has 3 rings (SSSR count). The second-order valence-electron chi connectivity index (χ2n) is 6.16. The van der Waals surface area contributed by atoms with Crippen LogP contribution < -0.4 is 4.90 Å². The van der Waals surface area contributed by atoms with Crippen LogP contribution in [0.15, 0.2) is 48.7 Å². The predicted octanol–water partition coefficient (Wildman–Crippen LogP) is 3.05. The molecule has 0 unspecified atom stereocenters. The average Bonchev–Trinajstić information content (AvgIpc) is 2.63. The number of hydrogen-bond acceptors (Lipinski definition) is 4. The van der Waals surface area contributed by atoms with Crippen molar-refractivity contribution in [1.29, 1.82) is 5.26 Å². The van der Waals surface area contributed by atoms with Gasteiger partial charge in [-0.25, -0.2) is 4.98 Å². The fourth-order valence-corrected chi connectivity index (χ4v) is 3.16. The fourth-order valence-electron chi connectivity index (χ4n) is 3.16. The van der Waals surface area contributed by atoms with Crippen LogP contribution in [0.4, 0.5) is 5.82 Å². The standard InChI is InChI=1S/C19H22N4/c1-22(14-16-6-3-2-4-7-16)18-8-5-11-23(15-18)19-10-9-17(12-20)13-21-19/h2-4,6-7,9-10,13,18H,5,8,11,14-15H2,1H3/t18-/m1/s1. The van der Waals surface area contributed by atoms with E-state index < -0.39 is 0 Å². The van der Waals surface area contributed by atoms with Gasteiger partial charge in [-0.3, -0.25) is 4.90 Å². The maximum Gasteiger partial charge on any atom is 0.128 e. The number of hydrogen-bond donors (Lipinski definition) is 0. The maximum atomic E-state index is 8.88. The highest BCUT2D eigenvalue weighted by Crippen LogP contribution is 2.21. The molecule has 0 N–H and O–H groups in total. The van der Waals surface area contributed by atoms with Crippen molar-refractivity contribution in [3.63, 3.8) is 0 Å². The summed E-state index contributed by atoms with van der Waals surface area (Å²) in [4.78, 5) is 9.20. The van der Waals surface area contributed by atoms with Crippen molar-refractivity contribution in [2.24, 2.45) is 0 Å². The Kier molecular flexibility index (Phi) is 4.89. The Morgan fingerprint density at radius 2 is 2.09 bits per heavy atom. The number of aromatic nitrogens is 1. The average molecular weight is 306 g/mol. The molecule has 0 amide bonds. The molecule has 118 valence electrons. The molecule has 0 spiro atoms. The summed E-state index contributed by atoms with van der Waals surface area (Å²) >= 11 is 0. The van der Waals surface area contributed by atoms with Crippen LogP contribution in [0.5, 0.6) is 0 Å². The lowest BCUT2D eigenvalue weighted by atomic mass is 10.0. The molecule has 2 heterocycles. The van der Waals surface area contributed by atoms with Crippen molar-refractivity contribution in [3.05, 3.63) is 59.8 Å². The van der Waals surface area contributed by atoms with Crippen molar-refractivity contribution in [2.45, 2.75) is 25.4 Å². The van der Waals surface area contributed by atoms with Crippen molar-refractivity contribution in [1.82, 2.24) is 9.88 Å². The summed E-state index contributed by atoms with van der Waals surface area (Å²) in [5, 5.41) is 8.88. The van der Waals surface area contributed by atoms with Gasteiger partial charge in [0.1, 0.15) is 11.9 Å². The number of pyridine rings is 1. The van der Waals surface area contributed by atoms with Crippen LogP contribution in [0.25, 0.3) is 0 Å². The van der Waals surface area contributed by atoms with E-state index in [9.17, 15) is 0 Å². The molecule has 1 aromatic heterocycles. The number of rotatable bonds is 4. The van der Waals surface area contributed by atoms with Crippen LogP contribution in [-0.2, 0) is 6.54 Å². The molecule has 0 saturated carbocycles. The molecule has 4 nitrogen and oxygen atoms in total. The smallest absolute Gasteiger partial charge is 0.128 e. The monoisotopic (exact) mass is 306 g/mol. The Hall–Kier alpha value is -2.38. The molecule has 1 aliphatic heterocycles. The van der Waals surface area contributed by atoms with Crippen LogP contribution in [0.3, 0.4) is 0 Å². The van der Waals surface area contributed by atoms with Gasteiger partial charge in [-0.1, -0.05) is 30.3 Å². The lowest BCUT2D eigenvalue weighted by molar-refractivity contribution is 0.207. The predicted molar refractivity (Wildman–Crippen MR) is 92.1 cm³/mol. The molecular formula is C19H22N4. The maximum absolute atomic E-state index is 8.88. The van der Waals surface area contributed by atoms with Gasteiger partial charge < -0.3 is 4.90 Å². The van der Waals surface area contributed by atoms with Crippen LogP contribution in [0, 0.1) is 11.3 Å². The van der Waals surface area contributed by atoms with Gasteiger partial charge in [0.15, 0.2) is 0 Å². The zero-order valence-corrected chi connectivity index (χ0v) is 13.5. The highest BCUT2D eigenvalue weighted by atomic mass is 15.2. The van der Waals surface area contributed by atoms with E-state index in [1.165, 1.54) is 18.4 Å². The summed E-state index contributed by atoms with van der Waals surface area (Å²) < 4.78 is 0. The Morgan fingerprint density at radius 3 is 2.78 bits per heavy atom. The van der Waals surface area contributed by atoms with Crippen LogP contribution in [0.2, 0.25) is 0 Å². The first-order chi connectivity index (χ1) is 11.3. The van der Waals surface area contributed by atoms with Crippen molar-refractivity contribution in [2.75, 3.05) is 25.0 Å². The molecule has 0 radical (unpaired) electrons. The Labute approximate surface area is 138 Å². The number of piperidine rings is 1. The zero-order chi connectivity index (χ0) is 16.1. The van der Waals surface area contributed by atoms with Crippen molar-refractivity contribution >= 4 is 5.82 Å². The summed E-state index contributed by atoms with van der Waals surface area (Å²) in [6.45, 7) is 3.00. The van der Waals surface area contributed by atoms with E-state index in [0.29, 0.717) is 11.6 Å². The summed E-state index contributed by atoms with van der Waals surface area (Å²) in [5.41, 5.74) is 1.96. The number of nitriles is 1. The van der Waals surface area contributed by atoms with Crippen LogP contribution in [-0.4, -0.2) is 36.1 Å². The topological polar surface area (TPSA) is 43.2 Å². The van der Waals surface area contributed by atoms with Crippen molar-refractivity contribution < 1.29 is 0 Å². The third-order valence-corrected chi connectivity index (χ3v) is 4.50. The fraction of sp³-hybridized carbons (Fsp3) is 0.368. The van der Waals surface area contributed by atoms with E-state index in [4.69, 9.17) is 5.26 Å². The van der Waals surface area contributed by atoms with Gasteiger partial charge in [0.05, 0.1) is 5.56 Å². The minimum Gasteiger partial charge on any atom is -0.355 e. The molecule has 2 aromatic rings. The quantitative estimate of drug-likeness (QED) is 0.871. The molecule has 1 aliphatic rings. The first-order valence-electron chi connectivity index (χ1n) is 8.11. The number of benzene rings is 1. The Balaban J connectivity index is 1.64. The molecule has 1 fully saturated rings. The SMILES string of the molecule is CN(Cc1ccccc1)[C@@H]1CCCN(c2ccc(C#N)cn2)C1. The molecule has 4 heteroatoms. The second kappa shape index (κ2) is 7.26. The largest absolute Gasteiger partial charge is 0.355 e. The lowest BCUT2D eigenvalue weighted by Crippen LogP contribution is -2.46. The normalized spacial score (nSPS) is 18.0. The second-order valence-corrected chi connectivity index (χ2v) is 6.16. The molecule has 1 atom stereocenters. The molecule has 0 aliphatic carbocycles. The lowest BCUT2D eigenvalue weighted by Gasteiger charge is -2.38. The molecular weight excluding hydrogens is 284 g/mol. The van der Waals surface area contributed by atoms with E-state index in [-0.39, 0.29) is 0 Å². The summed E-state index contributed by atoms with van der Waals surface area (Å²) in [7, 11) is 2.20. The zero-order valence-electron chi connectivity index (χ0n) is 13.5. The molecule has 1 aromatic carbocycles. The third-order valence-electron chi connectivity index (χ3n) is 4.50. The number of likely N-dealkylation sites (N-methyl/N-ethyl adjacent to an activating group) is 1. The van der Waals surface area contributed by atoms with Crippen molar-refractivity contribution in [3.8, 4) is 6.07 Å². The Morgan fingerprint density at radius 1 is 1.26 bits per heavy atom. The number of anilines is 1. The summed E-state index contributed by atoms with van der Waals surface area (Å²) in [5.74, 6) is 0.974. The van der Waals surface area contributed by atoms with Crippen LogP contribution >= 0.6 is 0 Å². The van der Waals surface area contributed by atoms with Crippen LogP contribution in [0.1, 0.15) is 24.0 Å². The first-order valence-corrected chi connectivity index (χ1v) is 8.11. The molecule has 23 heavy (non-hydrogen) atoms. The highest BCUT2D eigenvalue weighted by molar-refractivity contribution is 5.42. The first kappa shape index (κ1) is 15.5. The van der Waals surface area contributed by atoms with Gasteiger partial charge in [0.2, 0.25) is 0 Å². The molecule has 0 bridgehead atoms.